The standard InChI is InChI=1S/C19H20F3N3O3/c1-25(18(27)24-15-7-9-16(28-2)10-8-15)11-13-3-5-14(6-4-13)17(26)23-12-19(20,21)22/h3-10H,11-12H2,1-2H3,(H,23,26)(H,24,27). The van der Waals surface area contributed by atoms with Gasteiger partial charge in [-0.05, 0) is 42.0 Å². The van der Waals surface area contributed by atoms with Crippen LogP contribution in [0.4, 0.5) is 23.7 Å². The lowest BCUT2D eigenvalue weighted by molar-refractivity contribution is -0.123. The molecule has 0 spiro atoms. The van der Waals surface area contributed by atoms with Gasteiger partial charge in [-0.25, -0.2) is 4.79 Å². The first-order valence-electron chi connectivity index (χ1n) is 8.28. The Bertz CT molecular complexity index is 806. The highest BCUT2D eigenvalue weighted by Gasteiger charge is 2.27. The topological polar surface area (TPSA) is 70.7 Å². The van der Waals surface area contributed by atoms with Crippen LogP contribution in [0.25, 0.3) is 0 Å². The highest BCUT2D eigenvalue weighted by Crippen LogP contribution is 2.16. The maximum atomic E-state index is 12.2. The van der Waals surface area contributed by atoms with E-state index in [9.17, 15) is 22.8 Å². The van der Waals surface area contributed by atoms with Crippen molar-refractivity contribution in [2.45, 2.75) is 12.7 Å². The smallest absolute Gasteiger partial charge is 0.405 e. The van der Waals surface area contributed by atoms with Crippen LogP contribution in [0, 0.1) is 0 Å². The van der Waals surface area contributed by atoms with Crippen LogP contribution in [-0.2, 0) is 6.54 Å². The van der Waals surface area contributed by atoms with E-state index >= 15 is 0 Å². The highest BCUT2D eigenvalue weighted by atomic mass is 19.4. The van der Waals surface area contributed by atoms with Crippen molar-refractivity contribution in [2.24, 2.45) is 0 Å². The van der Waals surface area contributed by atoms with Crippen LogP contribution in [0.15, 0.2) is 48.5 Å². The molecular weight excluding hydrogens is 375 g/mol. The first-order valence-corrected chi connectivity index (χ1v) is 8.28. The van der Waals surface area contributed by atoms with Gasteiger partial charge in [-0.3, -0.25) is 4.79 Å². The average molecular weight is 395 g/mol. The van der Waals surface area contributed by atoms with E-state index in [4.69, 9.17) is 4.74 Å². The van der Waals surface area contributed by atoms with Gasteiger partial charge in [-0.2, -0.15) is 13.2 Å². The van der Waals surface area contributed by atoms with Crippen LogP contribution in [0.2, 0.25) is 0 Å². The molecule has 0 unspecified atom stereocenters. The van der Waals surface area contributed by atoms with Crippen molar-refractivity contribution in [3.8, 4) is 5.75 Å². The molecule has 9 heteroatoms. The number of benzene rings is 2. The van der Waals surface area contributed by atoms with Gasteiger partial charge in [0.15, 0.2) is 0 Å². The Labute approximate surface area is 160 Å². The van der Waals surface area contributed by atoms with Crippen LogP contribution in [0.1, 0.15) is 15.9 Å². The van der Waals surface area contributed by atoms with Gasteiger partial charge >= 0.3 is 12.2 Å². The number of amides is 3. The van der Waals surface area contributed by atoms with Gasteiger partial charge in [-0.1, -0.05) is 12.1 Å². The molecule has 0 aliphatic carbocycles. The minimum absolute atomic E-state index is 0.110. The van der Waals surface area contributed by atoms with E-state index < -0.39 is 18.6 Å². The molecule has 28 heavy (non-hydrogen) atoms. The molecule has 0 aliphatic rings. The van der Waals surface area contributed by atoms with Gasteiger partial charge in [0.1, 0.15) is 12.3 Å². The molecule has 0 saturated carbocycles. The number of methoxy groups -OCH3 is 1. The minimum atomic E-state index is -4.46. The quantitative estimate of drug-likeness (QED) is 0.784. The number of carbonyl (C=O) groups excluding carboxylic acids is 2. The number of urea groups is 1. The van der Waals surface area contributed by atoms with Gasteiger partial charge in [0, 0.05) is 24.8 Å². The molecule has 6 nitrogen and oxygen atoms in total. The van der Waals surface area contributed by atoms with Gasteiger partial charge < -0.3 is 20.3 Å². The Kier molecular flexibility index (Phi) is 6.86. The van der Waals surface area contributed by atoms with E-state index in [-0.39, 0.29) is 18.1 Å². The number of alkyl halides is 3. The molecule has 0 saturated heterocycles. The third kappa shape index (κ3) is 6.49. The molecule has 150 valence electrons. The number of carbonyl (C=O) groups is 2. The van der Waals surface area contributed by atoms with Crippen LogP contribution in [0.3, 0.4) is 0 Å². The summed E-state index contributed by atoms with van der Waals surface area (Å²) in [5, 5.41) is 4.54. The number of anilines is 1. The van der Waals surface area contributed by atoms with Gasteiger partial charge in [0.05, 0.1) is 7.11 Å². The van der Waals surface area contributed by atoms with Crippen LogP contribution in [0.5, 0.6) is 5.75 Å². The normalized spacial score (nSPS) is 10.9. The fraction of sp³-hybridized carbons (Fsp3) is 0.263. The Hall–Kier alpha value is -3.23. The van der Waals surface area contributed by atoms with Crippen LogP contribution < -0.4 is 15.4 Å². The molecule has 0 radical (unpaired) electrons. The lowest BCUT2D eigenvalue weighted by atomic mass is 10.1. The molecule has 0 bridgehead atoms. The zero-order chi connectivity index (χ0) is 20.7. The zero-order valence-corrected chi connectivity index (χ0v) is 15.3. The van der Waals surface area contributed by atoms with Crippen molar-refractivity contribution in [1.82, 2.24) is 10.2 Å². The fourth-order valence-corrected chi connectivity index (χ4v) is 2.28. The molecule has 2 N–H and O–H groups in total. The molecule has 0 atom stereocenters. The summed E-state index contributed by atoms with van der Waals surface area (Å²) in [5.41, 5.74) is 1.44. The summed E-state index contributed by atoms with van der Waals surface area (Å²) in [5.74, 6) is -0.139. The second-order valence-corrected chi connectivity index (χ2v) is 6.01. The number of halogens is 3. The van der Waals surface area contributed by atoms with Crippen molar-refractivity contribution in [3.63, 3.8) is 0 Å². The zero-order valence-electron chi connectivity index (χ0n) is 15.3. The van der Waals surface area contributed by atoms with Crippen LogP contribution in [-0.4, -0.2) is 43.7 Å². The molecule has 2 aromatic carbocycles. The lowest BCUT2D eigenvalue weighted by Crippen LogP contribution is -2.33. The molecule has 0 aliphatic heterocycles. The number of hydrogen-bond donors (Lipinski definition) is 2. The summed E-state index contributed by atoms with van der Waals surface area (Å²) in [6.07, 6.45) is -4.46. The first kappa shape index (κ1) is 21.1. The highest BCUT2D eigenvalue weighted by molar-refractivity contribution is 5.94. The third-order valence-corrected chi connectivity index (χ3v) is 3.77. The maximum Gasteiger partial charge on any atom is 0.405 e. The second kappa shape index (κ2) is 9.12. The molecular formula is C19H20F3N3O3. The van der Waals surface area contributed by atoms with Crippen molar-refractivity contribution in [3.05, 3.63) is 59.7 Å². The largest absolute Gasteiger partial charge is 0.497 e. The van der Waals surface area contributed by atoms with E-state index in [1.807, 2.05) is 0 Å². The lowest BCUT2D eigenvalue weighted by Gasteiger charge is -2.18. The van der Waals surface area contributed by atoms with Crippen molar-refractivity contribution >= 4 is 17.6 Å². The minimum Gasteiger partial charge on any atom is -0.497 e. The Morgan fingerprint density at radius 2 is 1.64 bits per heavy atom. The monoisotopic (exact) mass is 395 g/mol. The summed E-state index contributed by atoms with van der Waals surface area (Å²) in [7, 11) is 3.15. The predicted octanol–water partition coefficient (Wildman–Crippen LogP) is 3.65. The molecule has 0 heterocycles. The van der Waals surface area contributed by atoms with Gasteiger partial charge in [0.25, 0.3) is 5.91 Å². The van der Waals surface area contributed by atoms with Crippen LogP contribution >= 0.6 is 0 Å². The summed E-state index contributed by atoms with van der Waals surface area (Å²) in [6, 6.07) is 12.5. The van der Waals surface area contributed by atoms with Crippen molar-refractivity contribution in [2.75, 3.05) is 26.0 Å². The van der Waals surface area contributed by atoms with Gasteiger partial charge in [-0.15, -0.1) is 0 Å². The summed E-state index contributed by atoms with van der Waals surface area (Å²) in [6.45, 7) is -1.13. The molecule has 2 aromatic rings. The Balaban J connectivity index is 1.89. The Morgan fingerprint density at radius 1 is 1.04 bits per heavy atom. The van der Waals surface area contributed by atoms with Gasteiger partial charge in [0.2, 0.25) is 0 Å². The number of nitrogens with zero attached hydrogens (tertiary/aromatic N) is 1. The number of nitrogens with one attached hydrogen (secondary N) is 2. The van der Waals surface area contributed by atoms with E-state index in [1.165, 1.54) is 17.0 Å². The van der Waals surface area contributed by atoms with E-state index in [1.54, 1.807) is 55.9 Å². The van der Waals surface area contributed by atoms with Crippen molar-refractivity contribution < 1.29 is 27.5 Å². The number of ether oxygens (including phenoxy) is 1. The molecule has 2 rings (SSSR count). The SMILES string of the molecule is COc1ccc(NC(=O)N(C)Cc2ccc(C(=O)NCC(F)(F)F)cc2)cc1. The molecule has 3 amide bonds. The first-order chi connectivity index (χ1) is 13.2. The van der Waals surface area contributed by atoms with E-state index in [0.29, 0.717) is 11.4 Å². The second-order valence-electron chi connectivity index (χ2n) is 6.01. The summed E-state index contributed by atoms with van der Waals surface area (Å²) in [4.78, 5) is 25.4. The Morgan fingerprint density at radius 3 is 2.18 bits per heavy atom. The average Bonchev–Trinajstić information content (AvgIpc) is 2.66. The van der Waals surface area contributed by atoms with E-state index in [0.717, 1.165) is 5.56 Å². The number of hydrogen-bond acceptors (Lipinski definition) is 3. The van der Waals surface area contributed by atoms with Crippen molar-refractivity contribution in [1.29, 1.82) is 0 Å². The fourth-order valence-electron chi connectivity index (χ4n) is 2.28. The third-order valence-electron chi connectivity index (χ3n) is 3.77. The summed E-state index contributed by atoms with van der Waals surface area (Å²) >= 11 is 0. The maximum absolute atomic E-state index is 12.2. The number of rotatable bonds is 6. The molecule has 0 aromatic heterocycles. The van der Waals surface area contributed by atoms with E-state index in [2.05, 4.69) is 5.32 Å². The predicted molar refractivity (Wildman–Crippen MR) is 98.3 cm³/mol. The summed E-state index contributed by atoms with van der Waals surface area (Å²) < 4.78 is 41.5. The molecule has 0 fully saturated rings.